The summed E-state index contributed by atoms with van der Waals surface area (Å²) in [5, 5.41) is 0. The van der Waals surface area contributed by atoms with Crippen molar-refractivity contribution in [2.75, 3.05) is 13.1 Å². The van der Waals surface area contributed by atoms with E-state index in [1.165, 1.54) is 4.90 Å². The zero-order valence-electron chi connectivity index (χ0n) is 11.3. The molecule has 2 rings (SSSR count). The monoisotopic (exact) mass is 304 g/mol. The number of nitrogens with two attached hydrogens (primary N) is 1. The van der Waals surface area contributed by atoms with Crippen LogP contribution in [0.2, 0.25) is 0 Å². The van der Waals surface area contributed by atoms with Gasteiger partial charge in [0, 0.05) is 24.7 Å². The first-order chi connectivity index (χ1) is 9.82. The zero-order chi connectivity index (χ0) is 15.6. The summed E-state index contributed by atoms with van der Waals surface area (Å²) in [6.45, 7) is 0.672. The van der Waals surface area contributed by atoms with Crippen LogP contribution in [0, 0.1) is 5.82 Å². The third-order valence-corrected chi connectivity index (χ3v) is 3.63. The van der Waals surface area contributed by atoms with Gasteiger partial charge >= 0.3 is 6.18 Å². The molecule has 0 unspecified atom stereocenters. The minimum Gasteiger partial charge on any atom is -0.334 e. The number of amides is 1. The largest absolute Gasteiger partial charge is 0.416 e. The molecule has 21 heavy (non-hydrogen) atoms. The van der Waals surface area contributed by atoms with Crippen molar-refractivity contribution in [2.45, 2.75) is 31.5 Å². The fourth-order valence-corrected chi connectivity index (χ4v) is 2.56. The Kier molecular flexibility index (Phi) is 4.51. The van der Waals surface area contributed by atoms with Crippen molar-refractivity contribution in [2.24, 2.45) is 5.73 Å². The Morgan fingerprint density at radius 3 is 2.62 bits per heavy atom. The van der Waals surface area contributed by atoms with Crippen LogP contribution in [0.5, 0.6) is 0 Å². The van der Waals surface area contributed by atoms with Gasteiger partial charge in [0.15, 0.2) is 0 Å². The average Bonchev–Trinajstić information content (AvgIpc) is 2.45. The molecule has 2 N–H and O–H groups in total. The minimum atomic E-state index is -4.69. The Morgan fingerprint density at radius 1 is 1.29 bits per heavy atom. The molecule has 1 saturated heterocycles. The van der Waals surface area contributed by atoms with E-state index < -0.39 is 23.5 Å². The third kappa shape index (κ3) is 3.53. The number of carbonyl (C=O) groups excluding carboxylic acids is 1. The molecule has 1 aliphatic rings. The molecule has 1 fully saturated rings. The van der Waals surface area contributed by atoms with Gasteiger partial charge in [-0.1, -0.05) is 0 Å². The van der Waals surface area contributed by atoms with Gasteiger partial charge in [0.1, 0.15) is 5.82 Å². The zero-order valence-corrected chi connectivity index (χ0v) is 11.3. The summed E-state index contributed by atoms with van der Waals surface area (Å²) in [4.78, 5) is 13.8. The number of benzene rings is 1. The molecule has 0 bridgehead atoms. The highest BCUT2D eigenvalue weighted by Crippen LogP contribution is 2.31. The number of piperidine rings is 1. The molecular weight excluding hydrogens is 288 g/mol. The normalized spacial score (nSPS) is 19.7. The second-order valence-electron chi connectivity index (χ2n) is 5.11. The molecule has 0 radical (unpaired) electrons. The maximum atomic E-state index is 13.4. The molecule has 0 spiro atoms. The number of hydrogen-bond donors (Lipinski definition) is 1. The van der Waals surface area contributed by atoms with Gasteiger partial charge in [-0.15, -0.1) is 0 Å². The molecule has 1 aromatic carbocycles. The number of rotatable bonds is 2. The number of halogens is 4. The molecule has 0 aromatic heterocycles. The summed E-state index contributed by atoms with van der Waals surface area (Å²) >= 11 is 0. The molecule has 1 aromatic rings. The maximum absolute atomic E-state index is 13.4. The molecular formula is C14H16F4N2O. The van der Waals surface area contributed by atoms with E-state index in [4.69, 9.17) is 5.73 Å². The summed E-state index contributed by atoms with van der Waals surface area (Å²) < 4.78 is 51.4. The van der Waals surface area contributed by atoms with Crippen molar-refractivity contribution in [3.05, 3.63) is 35.1 Å². The highest BCUT2D eigenvalue weighted by atomic mass is 19.4. The van der Waals surface area contributed by atoms with Crippen molar-refractivity contribution < 1.29 is 22.4 Å². The highest BCUT2D eigenvalue weighted by molar-refractivity contribution is 5.94. The van der Waals surface area contributed by atoms with E-state index in [1.54, 1.807) is 0 Å². The Balaban J connectivity index is 2.32. The van der Waals surface area contributed by atoms with Crippen LogP contribution in [0.1, 0.15) is 35.2 Å². The predicted octanol–water partition coefficient (Wildman–Crippen LogP) is 2.80. The quantitative estimate of drug-likeness (QED) is 0.854. The minimum absolute atomic E-state index is 0.205. The Hall–Kier alpha value is -1.63. The van der Waals surface area contributed by atoms with Crippen LogP contribution in [0.4, 0.5) is 17.6 Å². The van der Waals surface area contributed by atoms with Crippen LogP contribution < -0.4 is 5.73 Å². The number of nitrogens with zero attached hydrogens (tertiary/aromatic N) is 1. The Morgan fingerprint density at radius 2 is 2.00 bits per heavy atom. The van der Waals surface area contributed by atoms with Crippen LogP contribution in [-0.4, -0.2) is 29.9 Å². The molecule has 3 nitrogen and oxygen atoms in total. The number of likely N-dealkylation sites (tertiary alicyclic amines) is 1. The standard InChI is InChI=1S/C14H16F4N2O/c15-11-6-9(5-10(7-11)14(16,17)18)13(21)20-4-2-1-3-12(20)8-19/h5-7,12H,1-4,8,19H2/t12-/m1/s1. The van der Waals surface area contributed by atoms with Crippen LogP contribution in [0.25, 0.3) is 0 Å². The van der Waals surface area contributed by atoms with Gasteiger partial charge in [-0.3, -0.25) is 4.79 Å². The molecule has 116 valence electrons. The predicted molar refractivity (Wildman–Crippen MR) is 69.1 cm³/mol. The SMILES string of the molecule is NC[C@H]1CCCCN1C(=O)c1cc(F)cc(C(F)(F)F)c1. The van der Waals surface area contributed by atoms with Gasteiger partial charge in [-0.25, -0.2) is 4.39 Å². The van der Waals surface area contributed by atoms with Gasteiger partial charge in [0.25, 0.3) is 5.91 Å². The molecule has 1 aliphatic heterocycles. The molecule has 7 heteroatoms. The fraction of sp³-hybridized carbons (Fsp3) is 0.500. The average molecular weight is 304 g/mol. The lowest BCUT2D eigenvalue weighted by Gasteiger charge is -2.35. The second kappa shape index (κ2) is 6.01. The van der Waals surface area contributed by atoms with Gasteiger partial charge in [-0.05, 0) is 37.5 Å². The fourth-order valence-electron chi connectivity index (χ4n) is 2.56. The molecule has 0 saturated carbocycles. The van der Waals surface area contributed by atoms with E-state index in [0.717, 1.165) is 18.9 Å². The first-order valence-electron chi connectivity index (χ1n) is 6.71. The lowest BCUT2D eigenvalue weighted by Crippen LogP contribution is -2.47. The van der Waals surface area contributed by atoms with Crippen molar-refractivity contribution >= 4 is 5.91 Å². The third-order valence-electron chi connectivity index (χ3n) is 3.63. The molecule has 1 amide bonds. The Labute approximate surface area is 119 Å². The molecule has 1 atom stereocenters. The summed E-state index contributed by atoms with van der Waals surface area (Å²) in [5.41, 5.74) is 4.14. The lowest BCUT2D eigenvalue weighted by molar-refractivity contribution is -0.137. The van der Waals surface area contributed by atoms with E-state index >= 15 is 0 Å². The topological polar surface area (TPSA) is 46.3 Å². The van der Waals surface area contributed by atoms with Gasteiger partial charge in [-0.2, -0.15) is 13.2 Å². The van der Waals surface area contributed by atoms with E-state index in [-0.39, 0.29) is 18.2 Å². The summed E-state index contributed by atoms with van der Waals surface area (Å²) in [7, 11) is 0. The van der Waals surface area contributed by atoms with E-state index in [2.05, 4.69) is 0 Å². The summed E-state index contributed by atoms with van der Waals surface area (Å²) in [6.07, 6.45) is -2.29. The second-order valence-corrected chi connectivity index (χ2v) is 5.11. The lowest BCUT2D eigenvalue weighted by atomic mass is 10.00. The smallest absolute Gasteiger partial charge is 0.334 e. The first-order valence-corrected chi connectivity index (χ1v) is 6.71. The van der Waals surface area contributed by atoms with Crippen molar-refractivity contribution in [1.82, 2.24) is 4.90 Å². The summed E-state index contributed by atoms with van der Waals surface area (Å²) in [6, 6.07) is 1.70. The maximum Gasteiger partial charge on any atom is 0.416 e. The van der Waals surface area contributed by atoms with Crippen molar-refractivity contribution in [3.8, 4) is 0 Å². The van der Waals surface area contributed by atoms with Gasteiger partial charge in [0.2, 0.25) is 0 Å². The molecule has 0 aliphatic carbocycles. The first kappa shape index (κ1) is 15.8. The number of carbonyl (C=O) groups is 1. The number of hydrogen-bond acceptors (Lipinski definition) is 2. The van der Waals surface area contributed by atoms with Gasteiger partial charge in [0.05, 0.1) is 5.56 Å². The van der Waals surface area contributed by atoms with Crippen molar-refractivity contribution in [3.63, 3.8) is 0 Å². The van der Waals surface area contributed by atoms with E-state index in [0.29, 0.717) is 25.1 Å². The molecule has 1 heterocycles. The van der Waals surface area contributed by atoms with Crippen LogP contribution in [0.15, 0.2) is 18.2 Å². The summed E-state index contributed by atoms with van der Waals surface area (Å²) in [5.74, 6) is -1.68. The van der Waals surface area contributed by atoms with E-state index in [1.807, 2.05) is 0 Å². The van der Waals surface area contributed by atoms with Crippen molar-refractivity contribution in [1.29, 1.82) is 0 Å². The van der Waals surface area contributed by atoms with Gasteiger partial charge < -0.3 is 10.6 Å². The van der Waals surface area contributed by atoms with E-state index in [9.17, 15) is 22.4 Å². The Bertz CT molecular complexity index is 530. The highest BCUT2D eigenvalue weighted by Gasteiger charge is 2.33. The van der Waals surface area contributed by atoms with Crippen LogP contribution in [-0.2, 0) is 6.18 Å². The van der Waals surface area contributed by atoms with Crippen LogP contribution in [0.3, 0.4) is 0 Å². The number of alkyl halides is 3. The van der Waals surface area contributed by atoms with Crippen LogP contribution >= 0.6 is 0 Å².